The lowest BCUT2D eigenvalue weighted by atomic mass is 9.74. The summed E-state index contributed by atoms with van der Waals surface area (Å²) in [6.45, 7) is 2.37. The zero-order valence-corrected chi connectivity index (χ0v) is 22.8. The Labute approximate surface area is 235 Å². The van der Waals surface area contributed by atoms with Gasteiger partial charge in [0.05, 0.1) is 19.8 Å². The van der Waals surface area contributed by atoms with Crippen molar-refractivity contribution in [3.05, 3.63) is 160 Å². The van der Waals surface area contributed by atoms with E-state index in [0.717, 1.165) is 27.8 Å². The zero-order chi connectivity index (χ0) is 28.1. The Balaban J connectivity index is 1.95. The average molecular weight is 530 g/mol. The van der Waals surface area contributed by atoms with Crippen molar-refractivity contribution in [3.63, 3.8) is 0 Å². The summed E-state index contributed by atoms with van der Waals surface area (Å²) in [5, 5.41) is 0. The number of aryl methyl sites for hydroxylation is 1. The van der Waals surface area contributed by atoms with Gasteiger partial charge in [0.2, 0.25) is 0 Å². The van der Waals surface area contributed by atoms with Gasteiger partial charge in [0, 0.05) is 6.54 Å². The molecule has 1 aliphatic rings. The summed E-state index contributed by atoms with van der Waals surface area (Å²) < 4.78 is 10.7. The minimum Gasteiger partial charge on any atom is -0.465 e. The van der Waals surface area contributed by atoms with E-state index in [1.165, 1.54) is 14.2 Å². The molecule has 4 aromatic rings. The molecular formula is C35H31NO4. The molecule has 5 heteroatoms. The minimum atomic E-state index is -0.975. The van der Waals surface area contributed by atoms with E-state index in [0.29, 0.717) is 12.1 Å². The molecule has 0 saturated carbocycles. The maximum absolute atomic E-state index is 13.8. The summed E-state index contributed by atoms with van der Waals surface area (Å²) in [5.74, 6) is -1.23. The first-order chi connectivity index (χ1) is 19.5. The highest BCUT2D eigenvalue weighted by molar-refractivity contribution is 6.13. The Hall–Kier alpha value is -4.90. The van der Waals surface area contributed by atoms with Crippen LogP contribution in [0.4, 0.5) is 0 Å². The van der Waals surface area contributed by atoms with Crippen LogP contribution in [0.15, 0.2) is 133 Å². The topological polar surface area (TPSA) is 55.8 Å². The van der Waals surface area contributed by atoms with E-state index in [1.807, 2.05) is 90.7 Å². The first kappa shape index (κ1) is 26.7. The summed E-state index contributed by atoms with van der Waals surface area (Å²) in [6, 6.07) is 37.8. The Morgan fingerprint density at radius 3 is 1.77 bits per heavy atom. The number of methoxy groups -OCH3 is 2. The first-order valence-corrected chi connectivity index (χ1v) is 13.1. The molecule has 5 nitrogen and oxygen atoms in total. The SMILES string of the molecule is COC(=O)C1=C(C(=O)OC)N(Cc2ccccc2)C(c2ccccc2)(c2ccc(C)cc2)C=C1c1ccccc1. The zero-order valence-electron chi connectivity index (χ0n) is 22.8. The number of rotatable bonds is 7. The standard InChI is InChI=1S/C35H31NO4/c1-25-19-21-29(22-20-25)35(28-17-11-6-12-18-28)23-30(27-15-9-5-10-16-27)31(33(37)39-2)32(34(38)40-3)36(35)24-26-13-7-4-8-14-26/h4-23H,24H2,1-3H3. The molecule has 1 unspecified atom stereocenters. The Kier molecular flexibility index (Phi) is 7.65. The molecule has 1 heterocycles. The smallest absolute Gasteiger partial charge is 0.355 e. The molecule has 0 radical (unpaired) electrons. The Morgan fingerprint density at radius 1 is 0.675 bits per heavy atom. The molecular weight excluding hydrogens is 498 g/mol. The van der Waals surface area contributed by atoms with E-state index in [9.17, 15) is 9.59 Å². The summed E-state index contributed by atoms with van der Waals surface area (Å²) in [4.78, 5) is 29.4. The fraction of sp³-hybridized carbons (Fsp3) is 0.143. The van der Waals surface area contributed by atoms with Crippen LogP contribution in [0.1, 0.15) is 27.8 Å². The van der Waals surface area contributed by atoms with Crippen LogP contribution in [-0.4, -0.2) is 31.1 Å². The fourth-order valence-electron chi connectivity index (χ4n) is 5.38. The molecule has 0 fully saturated rings. The summed E-state index contributed by atoms with van der Waals surface area (Å²) in [6.07, 6.45) is 2.09. The predicted octanol–water partition coefficient (Wildman–Crippen LogP) is 6.44. The largest absolute Gasteiger partial charge is 0.465 e. The number of ether oxygens (including phenoxy) is 2. The van der Waals surface area contributed by atoms with Crippen molar-refractivity contribution >= 4 is 17.5 Å². The van der Waals surface area contributed by atoms with Gasteiger partial charge in [-0.1, -0.05) is 121 Å². The van der Waals surface area contributed by atoms with Gasteiger partial charge in [-0.25, -0.2) is 9.59 Å². The molecule has 0 saturated heterocycles. The maximum atomic E-state index is 13.8. The molecule has 1 aliphatic heterocycles. The highest BCUT2D eigenvalue weighted by Gasteiger charge is 2.48. The molecule has 1 atom stereocenters. The second kappa shape index (κ2) is 11.5. The molecule has 40 heavy (non-hydrogen) atoms. The molecule has 0 aliphatic carbocycles. The quantitative estimate of drug-likeness (QED) is 0.258. The van der Waals surface area contributed by atoms with E-state index in [4.69, 9.17) is 9.47 Å². The lowest BCUT2D eigenvalue weighted by Crippen LogP contribution is -2.50. The van der Waals surface area contributed by atoms with Crippen molar-refractivity contribution in [1.82, 2.24) is 4.90 Å². The van der Waals surface area contributed by atoms with Crippen LogP contribution in [0, 0.1) is 6.92 Å². The average Bonchev–Trinajstić information content (AvgIpc) is 3.01. The number of carbonyl (C=O) groups is 2. The van der Waals surface area contributed by atoms with Gasteiger partial charge in [0.15, 0.2) is 0 Å². The molecule has 0 amide bonds. The van der Waals surface area contributed by atoms with Crippen LogP contribution in [0.5, 0.6) is 0 Å². The van der Waals surface area contributed by atoms with E-state index >= 15 is 0 Å². The second-order valence-corrected chi connectivity index (χ2v) is 9.70. The molecule has 0 N–H and O–H groups in total. The Morgan fingerprint density at radius 2 is 1.20 bits per heavy atom. The monoisotopic (exact) mass is 529 g/mol. The number of hydrogen-bond acceptors (Lipinski definition) is 5. The summed E-state index contributed by atoms with van der Waals surface area (Å²) in [5.41, 5.74) is 4.68. The van der Waals surface area contributed by atoms with Gasteiger partial charge in [-0.2, -0.15) is 0 Å². The predicted molar refractivity (Wildman–Crippen MR) is 156 cm³/mol. The van der Waals surface area contributed by atoms with Gasteiger partial charge in [-0.05, 0) is 40.8 Å². The molecule has 5 rings (SSSR count). The number of carbonyl (C=O) groups excluding carboxylic acids is 2. The van der Waals surface area contributed by atoms with E-state index in [2.05, 4.69) is 42.5 Å². The lowest BCUT2D eigenvalue weighted by Gasteiger charge is -2.48. The van der Waals surface area contributed by atoms with E-state index in [1.54, 1.807) is 0 Å². The van der Waals surface area contributed by atoms with Crippen LogP contribution >= 0.6 is 0 Å². The van der Waals surface area contributed by atoms with Crippen LogP contribution in [-0.2, 0) is 31.1 Å². The highest BCUT2D eigenvalue weighted by atomic mass is 16.5. The number of hydrogen-bond donors (Lipinski definition) is 0. The lowest BCUT2D eigenvalue weighted by molar-refractivity contribution is -0.141. The second-order valence-electron chi connectivity index (χ2n) is 9.70. The van der Waals surface area contributed by atoms with Gasteiger partial charge in [0.25, 0.3) is 0 Å². The number of nitrogens with zero attached hydrogens (tertiary/aromatic N) is 1. The summed E-state index contributed by atoms with van der Waals surface area (Å²) >= 11 is 0. The van der Waals surface area contributed by atoms with Crippen LogP contribution in [0.25, 0.3) is 5.57 Å². The third-order valence-corrected chi connectivity index (χ3v) is 7.30. The number of esters is 2. The van der Waals surface area contributed by atoms with Gasteiger partial charge >= 0.3 is 11.9 Å². The maximum Gasteiger partial charge on any atom is 0.355 e. The number of benzene rings is 4. The van der Waals surface area contributed by atoms with Crippen molar-refractivity contribution in [2.75, 3.05) is 14.2 Å². The van der Waals surface area contributed by atoms with Crippen LogP contribution in [0.3, 0.4) is 0 Å². The van der Waals surface area contributed by atoms with Crippen molar-refractivity contribution in [1.29, 1.82) is 0 Å². The van der Waals surface area contributed by atoms with Crippen LogP contribution in [0.2, 0.25) is 0 Å². The van der Waals surface area contributed by atoms with Gasteiger partial charge < -0.3 is 14.4 Å². The fourth-order valence-corrected chi connectivity index (χ4v) is 5.38. The van der Waals surface area contributed by atoms with Crippen molar-refractivity contribution < 1.29 is 19.1 Å². The third-order valence-electron chi connectivity index (χ3n) is 7.30. The first-order valence-electron chi connectivity index (χ1n) is 13.1. The highest BCUT2D eigenvalue weighted by Crippen LogP contribution is 2.49. The molecule has 0 aromatic heterocycles. The molecule has 4 aromatic carbocycles. The third kappa shape index (κ3) is 4.82. The summed E-state index contributed by atoms with van der Waals surface area (Å²) in [7, 11) is 2.66. The van der Waals surface area contributed by atoms with Crippen molar-refractivity contribution in [3.8, 4) is 0 Å². The van der Waals surface area contributed by atoms with Gasteiger partial charge in [-0.15, -0.1) is 0 Å². The van der Waals surface area contributed by atoms with Gasteiger partial charge in [-0.3, -0.25) is 0 Å². The van der Waals surface area contributed by atoms with Crippen molar-refractivity contribution in [2.24, 2.45) is 0 Å². The molecule has 0 spiro atoms. The minimum absolute atomic E-state index is 0.143. The molecule has 200 valence electrons. The van der Waals surface area contributed by atoms with Gasteiger partial charge in [0.1, 0.15) is 11.2 Å². The van der Waals surface area contributed by atoms with E-state index < -0.39 is 17.5 Å². The normalized spacial score (nSPS) is 16.8. The Bertz CT molecular complexity index is 1560. The van der Waals surface area contributed by atoms with Crippen LogP contribution < -0.4 is 0 Å². The molecule has 0 bridgehead atoms. The van der Waals surface area contributed by atoms with E-state index in [-0.39, 0.29) is 11.3 Å². The van der Waals surface area contributed by atoms with Crippen molar-refractivity contribution in [2.45, 2.75) is 19.0 Å².